The van der Waals surface area contributed by atoms with Gasteiger partial charge in [-0.15, -0.1) is 0 Å². The maximum Gasteiger partial charge on any atom is 0.285 e. The Morgan fingerprint density at radius 3 is 2.88 bits per heavy atom. The fraction of sp³-hybridized carbons (Fsp3) is 0.375. The minimum absolute atomic E-state index is 0.00432. The smallest absolute Gasteiger partial charge is 0.285 e. The van der Waals surface area contributed by atoms with Crippen molar-refractivity contribution in [3.8, 4) is 0 Å². The Morgan fingerprint density at radius 1 is 1.42 bits per heavy atom. The van der Waals surface area contributed by atoms with Crippen molar-refractivity contribution in [3.05, 3.63) is 52.1 Å². The average molecular weight is 328 g/mol. The lowest BCUT2D eigenvalue weighted by atomic mass is 10.1. The van der Waals surface area contributed by atoms with Crippen LogP contribution in [0.3, 0.4) is 0 Å². The average Bonchev–Trinajstić information content (AvgIpc) is 3.12. The van der Waals surface area contributed by atoms with Crippen LogP contribution in [0.1, 0.15) is 47.7 Å². The highest BCUT2D eigenvalue weighted by atomic mass is 16.2. The molecule has 0 aliphatic rings. The summed E-state index contributed by atoms with van der Waals surface area (Å²) >= 11 is 0. The van der Waals surface area contributed by atoms with Gasteiger partial charge in [0.05, 0.1) is 6.04 Å². The van der Waals surface area contributed by atoms with E-state index in [1.807, 2.05) is 31.7 Å². The fourth-order valence-electron chi connectivity index (χ4n) is 2.74. The van der Waals surface area contributed by atoms with Crippen molar-refractivity contribution in [1.82, 2.24) is 29.5 Å². The van der Waals surface area contributed by atoms with Gasteiger partial charge in [-0.05, 0) is 13.3 Å². The number of nitrogens with one attached hydrogen (secondary N) is 2. The number of aromatic nitrogens is 5. The summed E-state index contributed by atoms with van der Waals surface area (Å²) in [5.74, 6) is 0.311. The van der Waals surface area contributed by atoms with Gasteiger partial charge in [0.1, 0.15) is 11.4 Å². The first-order valence-electron chi connectivity index (χ1n) is 7.86. The Balaban J connectivity index is 1.92. The van der Waals surface area contributed by atoms with Gasteiger partial charge in [-0.25, -0.2) is 14.5 Å². The number of rotatable bonds is 5. The molecule has 1 amide bonds. The fourth-order valence-corrected chi connectivity index (χ4v) is 2.74. The summed E-state index contributed by atoms with van der Waals surface area (Å²) in [7, 11) is 1.88. The molecule has 0 fully saturated rings. The topological polar surface area (TPSA) is 97.1 Å². The Labute approximate surface area is 138 Å². The SMILES string of the molecule is CCC[C@H](NC(=O)c1cnc2cc(C)[nH]n2c1=O)c1nccn1C. The summed E-state index contributed by atoms with van der Waals surface area (Å²) in [6.45, 7) is 3.86. The van der Waals surface area contributed by atoms with Crippen LogP contribution in [0.5, 0.6) is 0 Å². The van der Waals surface area contributed by atoms with Gasteiger partial charge in [-0.2, -0.15) is 0 Å². The number of nitrogens with zero attached hydrogens (tertiary/aromatic N) is 4. The Hall–Kier alpha value is -2.90. The van der Waals surface area contributed by atoms with Crippen LogP contribution in [0.15, 0.2) is 29.5 Å². The van der Waals surface area contributed by atoms with Crippen LogP contribution in [0.2, 0.25) is 0 Å². The molecule has 0 radical (unpaired) electrons. The summed E-state index contributed by atoms with van der Waals surface area (Å²) in [5.41, 5.74) is 0.877. The molecule has 0 saturated heterocycles. The zero-order valence-corrected chi connectivity index (χ0v) is 13.9. The lowest BCUT2D eigenvalue weighted by molar-refractivity contribution is 0.0929. The van der Waals surface area contributed by atoms with E-state index in [1.54, 1.807) is 12.3 Å². The summed E-state index contributed by atoms with van der Waals surface area (Å²) in [4.78, 5) is 33.5. The van der Waals surface area contributed by atoms with Gasteiger partial charge in [0.25, 0.3) is 11.5 Å². The molecule has 0 bridgehead atoms. The van der Waals surface area contributed by atoms with Crippen molar-refractivity contribution >= 4 is 11.6 Å². The number of imidazole rings is 1. The molecule has 0 aliphatic carbocycles. The molecule has 2 N–H and O–H groups in total. The van der Waals surface area contributed by atoms with E-state index < -0.39 is 11.5 Å². The predicted octanol–water partition coefficient (Wildman–Crippen LogP) is 1.34. The van der Waals surface area contributed by atoms with Gasteiger partial charge in [-0.3, -0.25) is 14.7 Å². The van der Waals surface area contributed by atoms with E-state index in [4.69, 9.17) is 0 Å². The lowest BCUT2D eigenvalue weighted by Gasteiger charge is -2.17. The number of amides is 1. The second kappa shape index (κ2) is 6.31. The third-order valence-corrected chi connectivity index (χ3v) is 3.92. The molecule has 0 unspecified atom stereocenters. The molecular formula is C16H20N6O2. The van der Waals surface area contributed by atoms with Crippen molar-refractivity contribution in [2.75, 3.05) is 0 Å². The van der Waals surface area contributed by atoms with E-state index in [2.05, 4.69) is 20.4 Å². The van der Waals surface area contributed by atoms with Gasteiger partial charge < -0.3 is 9.88 Å². The number of fused-ring (bicyclic) bond motifs is 1. The Bertz CT molecular complexity index is 936. The summed E-state index contributed by atoms with van der Waals surface area (Å²) in [6, 6.07) is 1.49. The molecule has 1 atom stereocenters. The first-order chi connectivity index (χ1) is 11.5. The minimum atomic E-state index is -0.449. The third kappa shape index (κ3) is 2.82. The quantitative estimate of drug-likeness (QED) is 0.738. The Kier molecular flexibility index (Phi) is 4.20. The van der Waals surface area contributed by atoms with E-state index >= 15 is 0 Å². The van der Waals surface area contributed by atoms with Gasteiger partial charge in [0, 0.05) is 37.4 Å². The van der Waals surface area contributed by atoms with E-state index in [0.717, 1.165) is 24.4 Å². The van der Waals surface area contributed by atoms with Gasteiger partial charge >= 0.3 is 0 Å². The van der Waals surface area contributed by atoms with Crippen LogP contribution in [0.25, 0.3) is 5.65 Å². The zero-order valence-electron chi connectivity index (χ0n) is 13.9. The molecule has 8 heteroatoms. The highest BCUT2D eigenvalue weighted by molar-refractivity contribution is 5.93. The molecule has 3 heterocycles. The number of aryl methyl sites for hydroxylation is 2. The van der Waals surface area contributed by atoms with E-state index in [9.17, 15) is 9.59 Å². The zero-order chi connectivity index (χ0) is 17.3. The highest BCUT2D eigenvalue weighted by Gasteiger charge is 2.21. The summed E-state index contributed by atoms with van der Waals surface area (Å²) < 4.78 is 3.14. The van der Waals surface area contributed by atoms with Crippen molar-refractivity contribution in [1.29, 1.82) is 0 Å². The van der Waals surface area contributed by atoms with Crippen LogP contribution >= 0.6 is 0 Å². The van der Waals surface area contributed by atoms with E-state index in [-0.39, 0.29) is 11.6 Å². The molecule has 3 rings (SSSR count). The molecule has 0 aliphatic heterocycles. The van der Waals surface area contributed by atoms with Crippen molar-refractivity contribution in [3.63, 3.8) is 0 Å². The number of carbonyl (C=O) groups is 1. The number of H-pyrrole nitrogens is 1. The van der Waals surface area contributed by atoms with Crippen LogP contribution in [0.4, 0.5) is 0 Å². The van der Waals surface area contributed by atoms with Gasteiger partial charge in [0.15, 0.2) is 5.65 Å². The number of hydrogen-bond acceptors (Lipinski definition) is 4. The number of carbonyl (C=O) groups excluding carboxylic acids is 1. The maximum atomic E-state index is 12.6. The molecule has 8 nitrogen and oxygen atoms in total. The minimum Gasteiger partial charge on any atom is -0.342 e. The predicted molar refractivity (Wildman–Crippen MR) is 88.9 cm³/mol. The van der Waals surface area contributed by atoms with Crippen molar-refractivity contribution in [2.45, 2.75) is 32.7 Å². The largest absolute Gasteiger partial charge is 0.342 e. The monoisotopic (exact) mass is 328 g/mol. The second-order valence-corrected chi connectivity index (χ2v) is 5.82. The summed E-state index contributed by atoms with van der Waals surface area (Å²) in [5, 5.41) is 5.78. The van der Waals surface area contributed by atoms with Crippen LogP contribution in [-0.2, 0) is 7.05 Å². The first kappa shape index (κ1) is 16.0. The highest BCUT2D eigenvalue weighted by Crippen LogP contribution is 2.16. The van der Waals surface area contributed by atoms with Crippen molar-refractivity contribution < 1.29 is 4.79 Å². The maximum absolute atomic E-state index is 12.6. The first-order valence-corrected chi connectivity index (χ1v) is 7.86. The lowest BCUT2D eigenvalue weighted by Crippen LogP contribution is -2.35. The molecule has 0 saturated carbocycles. The molecular weight excluding hydrogens is 308 g/mol. The van der Waals surface area contributed by atoms with Crippen LogP contribution < -0.4 is 10.9 Å². The second-order valence-electron chi connectivity index (χ2n) is 5.82. The van der Waals surface area contributed by atoms with Crippen LogP contribution in [-0.4, -0.2) is 30.1 Å². The van der Waals surface area contributed by atoms with Crippen molar-refractivity contribution in [2.24, 2.45) is 7.05 Å². The summed E-state index contributed by atoms with van der Waals surface area (Å²) in [6.07, 6.45) is 6.45. The normalized spacial score (nSPS) is 12.5. The van der Waals surface area contributed by atoms with E-state index in [0.29, 0.717) is 5.65 Å². The molecule has 3 aromatic heterocycles. The van der Waals surface area contributed by atoms with Gasteiger partial charge in [0.2, 0.25) is 0 Å². The molecule has 126 valence electrons. The molecule has 3 aromatic rings. The molecule has 24 heavy (non-hydrogen) atoms. The van der Waals surface area contributed by atoms with Crippen LogP contribution in [0, 0.1) is 6.92 Å². The molecule has 0 spiro atoms. The van der Waals surface area contributed by atoms with Gasteiger partial charge in [-0.1, -0.05) is 13.3 Å². The third-order valence-electron chi connectivity index (χ3n) is 3.92. The molecule has 0 aromatic carbocycles. The standard InChI is InChI=1S/C16H20N6O2/c1-4-5-12(14-17-6-7-21(14)3)19-15(23)11-9-18-13-8-10(2)20-22(13)16(11)24/h6-9,12,20H,4-5H2,1-3H3,(H,19,23)/t12-/m0/s1. The number of hydrogen-bond donors (Lipinski definition) is 2. The number of aromatic amines is 1. The Morgan fingerprint density at radius 2 is 2.21 bits per heavy atom. The van der Waals surface area contributed by atoms with E-state index in [1.165, 1.54) is 10.7 Å².